The van der Waals surface area contributed by atoms with Crippen molar-refractivity contribution < 1.29 is 20.5 Å². The average molecular weight is 392 g/mol. The number of ether oxygens (including phenoxy) is 1. The van der Waals surface area contributed by atoms with Crippen LogP contribution in [-0.4, -0.2) is 57.8 Å². The van der Waals surface area contributed by atoms with Crippen molar-refractivity contribution in [3.63, 3.8) is 0 Å². The minimum Gasteiger partial charge on any atom is -0.444 e. The van der Waals surface area contributed by atoms with Crippen molar-refractivity contribution in [3.8, 4) is 0 Å². The van der Waals surface area contributed by atoms with Crippen LogP contribution in [0.1, 0.15) is 52.6 Å². The van der Waals surface area contributed by atoms with Gasteiger partial charge in [0.2, 0.25) is 5.91 Å². The number of hydrogen-bond donors (Lipinski definition) is 2. The number of hydrogen-bond acceptors (Lipinski definition) is 7. The summed E-state index contributed by atoms with van der Waals surface area (Å²) in [7, 11) is 0. The molecule has 2 aliphatic rings. The Kier molecular flexibility index (Phi) is 5.12. The van der Waals surface area contributed by atoms with E-state index in [4.69, 9.17) is 6.11 Å². The van der Waals surface area contributed by atoms with E-state index in [1.54, 1.807) is 20.8 Å². The lowest BCUT2D eigenvalue weighted by molar-refractivity contribution is -0.136. The summed E-state index contributed by atoms with van der Waals surface area (Å²) in [4.78, 5) is 50.1. The molecule has 0 radical (unpaired) electrons. The molecule has 2 unspecified atom stereocenters. The number of piperazine rings is 1. The Morgan fingerprint density at radius 3 is 2.75 bits per heavy atom. The molecule has 2 aliphatic heterocycles. The molecule has 2 atom stereocenters. The maximum Gasteiger partial charge on any atom is 0.410 e. The lowest BCUT2D eigenvalue weighted by Gasteiger charge is -2.37. The third-order valence-electron chi connectivity index (χ3n) is 4.53. The van der Waals surface area contributed by atoms with Gasteiger partial charge in [0, 0.05) is 37.7 Å². The summed E-state index contributed by atoms with van der Waals surface area (Å²) in [6, 6.07) is -0.304. The molecule has 152 valence electrons. The number of nitrogens with one attached hydrogen (secondary N) is 2. The lowest BCUT2D eigenvalue weighted by Crippen LogP contribution is -2.50. The molecule has 3 rings (SSSR count). The Balaban J connectivity index is 1.90. The van der Waals surface area contributed by atoms with Crippen LogP contribution in [0.3, 0.4) is 0 Å². The summed E-state index contributed by atoms with van der Waals surface area (Å²) in [6.45, 7) is 6.55. The number of imide groups is 1. The molecule has 3 amide bonds. The van der Waals surface area contributed by atoms with E-state index in [2.05, 4.69) is 15.7 Å². The van der Waals surface area contributed by atoms with E-state index < -0.39 is 41.2 Å². The SMILES string of the molecule is [2H]c1nn(C2CCC(=O)NC2=O)c(=O)cc1C1CNCCN1C(=O)OC(C)(C)C. The predicted molar refractivity (Wildman–Crippen MR) is 98.5 cm³/mol. The fourth-order valence-corrected chi connectivity index (χ4v) is 3.22. The van der Waals surface area contributed by atoms with Gasteiger partial charge in [-0.25, -0.2) is 9.48 Å². The van der Waals surface area contributed by atoms with Gasteiger partial charge in [-0.05, 0) is 27.2 Å². The van der Waals surface area contributed by atoms with Gasteiger partial charge in [-0.15, -0.1) is 0 Å². The molecule has 28 heavy (non-hydrogen) atoms. The zero-order chi connectivity index (χ0) is 21.3. The number of aromatic nitrogens is 2. The summed E-state index contributed by atoms with van der Waals surface area (Å²) in [5, 5.41) is 9.33. The molecule has 0 spiro atoms. The van der Waals surface area contributed by atoms with E-state index >= 15 is 0 Å². The highest BCUT2D eigenvalue weighted by atomic mass is 16.6. The first-order chi connectivity index (χ1) is 13.6. The first kappa shape index (κ1) is 18.6. The molecular weight excluding hydrogens is 366 g/mol. The monoisotopic (exact) mass is 392 g/mol. The average Bonchev–Trinajstić information content (AvgIpc) is 2.62. The van der Waals surface area contributed by atoms with Crippen LogP contribution in [0.2, 0.25) is 0 Å². The van der Waals surface area contributed by atoms with Crippen LogP contribution in [0, 0.1) is 0 Å². The summed E-state index contributed by atoms with van der Waals surface area (Å²) in [5.41, 5.74) is -0.971. The van der Waals surface area contributed by atoms with Crippen LogP contribution in [-0.2, 0) is 14.3 Å². The van der Waals surface area contributed by atoms with Gasteiger partial charge in [0.25, 0.3) is 11.5 Å². The number of rotatable bonds is 2. The summed E-state index contributed by atoms with van der Waals surface area (Å²) in [6.07, 6.45) is -0.501. The van der Waals surface area contributed by atoms with Crippen LogP contribution in [0.15, 0.2) is 17.0 Å². The minimum absolute atomic E-state index is 0.0958. The topological polar surface area (TPSA) is 123 Å². The number of piperidine rings is 1. The van der Waals surface area contributed by atoms with E-state index in [-0.39, 0.29) is 24.6 Å². The Bertz CT molecular complexity index is 894. The maximum atomic E-state index is 12.7. The van der Waals surface area contributed by atoms with Gasteiger partial charge in [-0.1, -0.05) is 0 Å². The fraction of sp³-hybridized carbons (Fsp3) is 0.611. The second-order valence-corrected chi connectivity index (χ2v) is 7.85. The van der Waals surface area contributed by atoms with Gasteiger partial charge < -0.3 is 10.1 Å². The number of carbonyl (C=O) groups excluding carboxylic acids is 3. The first-order valence-electron chi connectivity index (χ1n) is 9.71. The fourth-order valence-electron chi connectivity index (χ4n) is 3.22. The Labute approximate surface area is 163 Å². The molecule has 2 fully saturated rings. The second kappa shape index (κ2) is 7.70. The van der Waals surface area contributed by atoms with E-state index in [1.807, 2.05) is 0 Å². The molecule has 0 bridgehead atoms. The van der Waals surface area contributed by atoms with Gasteiger partial charge in [0.1, 0.15) is 11.6 Å². The Hall–Kier alpha value is -2.75. The van der Waals surface area contributed by atoms with Crippen molar-refractivity contribution in [2.24, 2.45) is 0 Å². The highest BCUT2D eigenvalue weighted by Gasteiger charge is 2.33. The van der Waals surface area contributed by atoms with Crippen LogP contribution < -0.4 is 16.2 Å². The molecule has 10 heteroatoms. The van der Waals surface area contributed by atoms with Crippen molar-refractivity contribution in [3.05, 3.63) is 28.2 Å². The standard InChI is InChI=1S/C18H25N5O5/c1-18(2,3)28-17(27)22-7-6-19-10-13(22)11-8-15(25)23(20-9-11)12-4-5-14(24)21-16(12)26/h8-9,12-13,19H,4-7,10H2,1-3H3,(H,21,24,26)/i9D. The summed E-state index contributed by atoms with van der Waals surface area (Å²) in [5.74, 6) is -1.01. The molecule has 10 nitrogen and oxygen atoms in total. The van der Waals surface area contributed by atoms with Gasteiger partial charge >= 0.3 is 6.09 Å². The third-order valence-corrected chi connectivity index (χ3v) is 4.53. The Morgan fingerprint density at radius 1 is 1.32 bits per heavy atom. The normalized spacial score (nSPS) is 23.8. The molecule has 1 aromatic heterocycles. The van der Waals surface area contributed by atoms with Gasteiger partial charge in [-0.2, -0.15) is 5.10 Å². The first-order valence-corrected chi connectivity index (χ1v) is 9.21. The number of nitrogens with zero attached hydrogens (tertiary/aromatic N) is 3. The van der Waals surface area contributed by atoms with Crippen molar-refractivity contribution in [2.75, 3.05) is 19.6 Å². The molecule has 0 aliphatic carbocycles. The largest absolute Gasteiger partial charge is 0.444 e. The number of amides is 3. The van der Waals surface area contributed by atoms with Crippen molar-refractivity contribution in [1.82, 2.24) is 25.3 Å². The van der Waals surface area contributed by atoms with Crippen LogP contribution in [0.5, 0.6) is 0 Å². The van der Waals surface area contributed by atoms with Crippen molar-refractivity contribution >= 4 is 17.9 Å². The van der Waals surface area contributed by atoms with E-state index in [0.717, 1.165) is 4.68 Å². The van der Waals surface area contributed by atoms with Gasteiger partial charge in [-0.3, -0.25) is 24.6 Å². The molecule has 0 saturated carbocycles. The third kappa shape index (κ3) is 4.38. The van der Waals surface area contributed by atoms with Crippen LogP contribution in [0.4, 0.5) is 4.79 Å². The molecule has 0 aromatic carbocycles. The second-order valence-electron chi connectivity index (χ2n) is 7.85. The number of carbonyl (C=O) groups is 3. The predicted octanol–water partition coefficient (Wildman–Crippen LogP) is 0.102. The molecule has 3 heterocycles. The quantitative estimate of drug-likeness (QED) is 0.685. The van der Waals surface area contributed by atoms with Crippen molar-refractivity contribution in [1.29, 1.82) is 0 Å². The zero-order valence-corrected chi connectivity index (χ0v) is 16.2. The van der Waals surface area contributed by atoms with Gasteiger partial charge in [0.15, 0.2) is 0 Å². The lowest BCUT2D eigenvalue weighted by atomic mass is 10.0. The molecule has 1 aromatic rings. The van der Waals surface area contributed by atoms with E-state index in [1.165, 1.54) is 11.0 Å². The molecule has 2 N–H and O–H groups in total. The maximum absolute atomic E-state index is 12.7. The van der Waals surface area contributed by atoms with Crippen LogP contribution >= 0.6 is 0 Å². The molecular formula is C18H25N5O5. The smallest absolute Gasteiger partial charge is 0.410 e. The summed E-state index contributed by atoms with van der Waals surface area (Å²) >= 11 is 0. The van der Waals surface area contributed by atoms with Crippen LogP contribution in [0.25, 0.3) is 0 Å². The van der Waals surface area contributed by atoms with Gasteiger partial charge in [0.05, 0.1) is 13.6 Å². The molecule has 2 saturated heterocycles. The Morgan fingerprint density at radius 2 is 2.07 bits per heavy atom. The highest BCUT2D eigenvalue weighted by molar-refractivity contribution is 5.99. The minimum atomic E-state index is -0.940. The summed E-state index contributed by atoms with van der Waals surface area (Å²) < 4.78 is 14.7. The highest BCUT2D eigenvalue weighted by Crippen LogP contribution is 2.24. The van der Waals surface area contributed by atoms with E-state index in [9.17, 15) is 19.2 Å². The van der Waals surface area contributed by atoms with E-state index in [0.29, 0.717) is 19.6 Å². The van der Waals surface area contributed by atoms with Crippen molar-refractivity contribution in [2.45, 2.75) is 51.3 Å². The zero-order valence-electron chi connectivity index (χ0n) is 17.2.